The number of benzene rings is 2. The highest BCUT2D eigenvalue weighted by molar-refractivity contribution is 7.13. The lowest BCUT2D eigenvalue weighted by Crippen LogP contribution is -2.50. The molecule has 0 aliphatic carbocycles. The summed E-state index contributed by atoms with van der Waals surface area (Å²) in [5, 5.41) is 5.71. The van der Waals surface area contributed by atoms with Crippen molar-refractivity contribution in [2.24, 2.45) is 5.92 Å². The third-order valence-corrected chi connectivity index (χ3v) is 6.73. The van der Waals surface area contributed by atoms with E-state index in [1.54, 1.807) is 42.7 Å². The standard InChI is InChI=1S/C27H22N4O3S/c1-16(2)23(31-26(33)20-10-3-4-11-21(20)27(31)34)24(32)29-19-9-5-7-17(13-19)22-15-35-25(30-22)18-8-6-12-28-14-18/h3-16,23H,1-2H3,(H,29,32). The molecule has 0 saturated carbocycles. The maximum absolute atomic E-state index is 13.3. The first-order chi connectivity index (χ1) is 16.9. The number of fused-ring (bicyclic) bond motifs is 1. The highest BCUT2D eigenvalue weighted by atomic mass is 32.1. The van der Waals surface area contributed by atoms with Crippen LogP contribution in [0.5, 0.6) is 0 Å². The number of carbonyl (C=O) groups is 3. The first-order valence-electron chi connectivity index (χ1n) is 11.2. The SMILES string of the molecule is CC(C)C(C(=O)Nc1cccc(-c2csc(-c3cccnc3)n2)c1)N1C(=O)c2ccccc2C1=O. The number of amides is 3. The number of thiazole rings is 1. The second-order valence-electron chi connectivity index (χ2n) is 8.56. The Labute approximate surface area is 206 Å². The molecule has 174 valence electrons. The largest absolute Gasteiger partial charge is 0.324 e. The monoisotopic (exact) mass is 482 g/mol. The quantitative estimate of drug-likeness (QED) is 0.385. The second kappa shape index (κ2) is 9.23. The maximum Gasteiger partial charge on any atom is 0.262 e. The molecule has 3 heterocycles. The summed E-state index contributed by atoms with van der Waals surface area (Å²) in [5.41, 5.74) is 3.78. The predicted molar refractivity (Wildman–Crippen MR) is 135 cm³/mol. The molecule has 0 spiro atoms. The van der Waals surface area contributed by atoms with E-state index in [0.29, 0.717) is 16.8 Å². The number of pyridine rings is 1. The van der Waals surface area contributed by atoms with Crippen LogP contribution < -0.4 is 5.32 Å². The summed E-state index contributed by atoms with van der Waals surface area (Å²) >= 11 is 1.52. The van der Waals surface area contributed by atoms with Crippen LogP contribution in [-0.4, -0.2) is 38.6 Å². The summed E-state index contributed by atoms with van der Waals surface area (Å²) in [4.78, 5) is 49.2. The molecule has 1 atom stereocenters. The molecular weight excluding hydrogens is 460 g/mol. The Hall–Kier alpha value is -4.17. The van der Waals surface area contributed by atoms with Gasteiger partial charge < -0.3 is 5.32 Å². The average molecular weight is 483 g/mol. The Morgan fingerprint density at radius 3 is 2.31 bits per heavy atom. The van der Waals surface area contributed by atoms with Crippen LogP contribution in [0.2, 0.25) is 0 Å². The van der Waals surface area contributed by atoms with E-state index in [4.69, 9.17) is 4.98 Å². The Balaban J connectivity index is 1.38. The zero-order valence-electron chi connectivity index (χ0n) is 19.1. The summed E-state index contributed by atoms with van der Waals surface area (Å²) in [6.45, 7) is 3.64. The fraction of sp³-hybridized carbons (Fsp3) is 0.148. The van der Waals surface area contributed by atoms with E-state index in [9.17, 15) is 14.4 Å². The number of carbonyl (C=O) groups excluding carboxylic acids is 3. The van der Waals surface area contributed by atoms with Crippen LogP contribution in [0.1, 0.15) is 34.6 Å². The third-order valence-electron chi connectivity index (χ3n) is 5.84. The van der Waals surface area contributed by atoms with Gasteiger partial charge >= 0.3 is 0 Å². The molecule has 8 heteroatoms. The molecule has 1 unspecified atom stereocenters. The Kier molecular flexibility index (Phi) is 5.96. The number of hydrogen-bond donors (Lipinski definition) is 1. The third kappa shape index (κ3) is 4.24. The van der Waals surface area contributed by atoms with Crippen LogP contribution in [0, 0.1) is 5.92 Å². The van der Waals surface area contributed by atoms with Gasteiger partial charge in [-0.05, 0) is 42.3 Å². The number of nitrogens with zero attached hydrogens (tertiary/aromatic N) is 3. The molecule has 0 saturated heterocycles. The van der Waals surface area contributed by atoms with Crippen molar-refractivity contribution >= 4 is 34.7 Å². The minimum absolute atomic E-state index is 0.277. The smallest absolute Gasteiger partial charge is 0.262 e. The molecule has 2 aromatic carbocycles. The van der Waals surface area contributed by atoms with Crippen molar-refractivity contribution in [3.8, 4) is 21.8 Å². The zero-order valence-corrected chi connectivity index (χ0v) is 20.0. The van der Waals surface area contributed by atoms with E-state index in [-0.39, 0.29) is 5.92 Å². The van der Waals surface area contributed by atoms with Gasteiger partial charge in [-0.3, -0.25) is 24.3 Å². The summed E-state index contributed by atoms with van der Waals surface area (Å²) < 4.78 is 0. The molecule has 4 aromatic rings. The van der Waals surface area contributed by atoms with Crippen LogP contribution in [0.25, 0.3) is 21.8 Å². The Morgan fingerprint density at radius 2 is 1.66 bits per heavy atom. The van der Waals surface area contributed by atoms with Gasteiger partial charge in [-0.25, -0.2) is 4.98 Å². The lowest BCUT2D eigenvalue weighted by Gasteiger charge is -2.28. The van der Waals surface area contributed by atoms with Crippen molar-refractivity contribution in [2.45, 2.75) is 19.9 Å². The molecule has 35 heavy (non-hydrogen) atoms. The summed E-state index contributed by atoms with van der Waals surface area (Å²) in [7, 11) is 0. The van der Waals surface area contributed by atoms with Crippen molar-refractivity contribution in [1.29, 1.82) is 0 Å². The van der Waals surface area contributed by atoms with E-state index in [1.807, 2.05) is 49.6 Å². The fourth-order valence-electron chi connectivity index (χ4n) is 4.18. The molecule has 5 rings (SSSR count). The molecule has 2 aromatic heterocycles. The molecular formula is C27H22N4O3S. The van der Waals surface area contributed by atoms with Gasteiger partial charge in [0.25, 0.3) is 11.8 Å². The van der Waals surface area contributed by atoms with Crippen molar-refractivity contribution in [2.75, 3.05) is 5.32 Å². The molecule has 3 amide bonds. The zero-order chi connectivity index (χ0) is 24.5. The molecule has 0 bridgehead atoms. The van der Waals surface area contributed by atoms with Crippen LogP contribution in [-0.2, 0) is 4.79 Å². The highest BCUT2D eigenvalue weighted by Gasteiger charge is 2.43. The van der Waals surface area contributed by atoms with Gasteiger partial charge in [0.2, 0.25) is 5.91 Å². The maximum atomic E-state index is 13.3. The second-order valence-corrected chi connectivity index (χ2v) is 9.42. The summed E-state index contributed by atoms with van der Waals surface area (Å²) in [6, 6.07) is 16.9. The average Bonchev–Trinajstić information content (AvgIpc) is 3.45. The number of hydrogen-bond acceptors (Lipinski definition) is 6. The van der Waals surface area contributed by atoms with E-state index < -0.39 is 23.8 Å². The minimum Gasteiger partial charge on any atom is -0.324 e. The van der Waals surface area contributed by atoms with Crippen LogP contribution in [0.4, 0.5) is 5.69 Å². The summed E-state index contributed by atoms with van der Waals surface area (Å²) in [6.07, 6.45) is 3.49. The molecule has 1 aliphatic heterocycles. The van der Waals surface area contributed by atoms with E-state index >= 15 is 0 Å². The normalized spacial score (nSPS) is 13.7. The van der Waals surface area contributed by atoms with Gasteiger partial charge in [0.05, 0.1) is 16.8 Å². The minimum atomic E-state index is -0.942. The van der Waals surface area contributed by atoms with Crippen LogP contribution in [0.3, 0.4) is 0 Å². The van der Waals surface area contributed by atoms with Gasteiger partial charge in [0.1, 0.15) is 11.0 Å². The van der Waals surface area contributed by atoms with Crippen molar-refractivity contribution in [3.63, 3.8) is 0 Å². The molecule has 0 fully saturated rings. The summed E-state index contributed by atoms with van der Waals surface area (Å²) in [5.74, 6) is -1.58. The topological polar surface area (TPSA) is 92.3 Å². The predicted octanol–water partition coefficient (Wildman–Crippen LogP) is 5.13. The number of nitrogens with one attached hydrogen (secondary N) is 1. The van der Waals surface area contributed by atoms with Gasteiger partial charge in [-0.1, -0.05) is 38.1 Å². The van der Waals surface area contributed by atoms with E-state index in [2.05, 4.69) is 10.3 Å². The van der Waals surface area contributed by atoms with Gasteiger partial charge in [0.15, 0.2) is 0 Å². The molecule has 7 nitrogen and oxygen atoms in total. The first kappa shape index (κ1) is 22.6. The van der Waals surface area contributed by atoms with E-state index in [0.717, 1.165) is 26.7 Å². The number of rotatable bonds is 6. The van der Waals surface area contributed by atoms with Crippen LogP contribution in [0.15, 0.2) is 78.4 Å². The number of anilines is 1. The molecule has 0 radical (unpaired) electrons. The lowest BCUT2D eigenvalue weighted by molar-refractivity contribution is -0.121. The lowest BCUT2D eigenvalue weighted by atomic mass is 10.0. The Bertz CT molecular complexity index is 1400. The van der Waals surface area contributed by atoms with E-state index in [1.165, 1.54) is 11.3 Å². The van der Waals surface area contributed by atoms with Crippen molar-refractivity contribution < 1.29 is 14.4 Å². The van der Waals surface area contributed by atoms with Gasteiger partial charge in [-0.15, -0.1) is 11.3 Å². The van der Waals surface area contributed by atoms with Crippen LogP contribution >= 0.6 is 11.3 Å². The van der Waals surface area contributed by atoms with Crippen molar-refractivity contribution in [1.82, 2.24) is 14.9 Å². The highest BCUT2D eigenvalue weighted by Crippen LogP contribution is 2.31. The molecule has 1 aliphatic rings. The van der Waals surface area contributed by atoms with Crippen molar-refractivity contribution in [3.05, 3.63) is 89.6 Å². The first-order valence-corrected chi connectivity index (χ1v) is 12.1. The number of imide groups is 1. The van der Waals surface area contributed by atoms with Gasteiger partial charge in [-0.2, -0.15) is 0 Å². The van der Waals surface area contributed by atoms with Gasteiger partial charge in [0, 0.05) is 34.6 Å². The Morgan fingerprint density at radius 1 is 0.943 bits per heavy atom. The molecule has 1 N–H and O–H groups in total. The number of aromatic nitrogens is 2. The fourth-order valence-corrected chi connectivity index (χ4v) is 5.00.